The number of hydrogen-bond acceptors (Lipinski definition) is 5. The van der Waals surface area contributed by atoms with Gasteiger partial charge in [-0.25, -0.2) is 0 Å². The minimum atomic E-state index is -0.837. The summed E-state index contributed by atoms with van der Waals surface area (Å²) in [7, 11) is 0. The Morgan fingerprint density at radius 2 is 1.57 bits per heavy atom. The van der Waals surface area contributed by atoms with Gasteiger partial charge in [-0.05, 0) is 68.9 Å². The number of aliphatic hydroxyl groups excluding tert-OH is 1. The number of nitrogens with zero attached hydrogens (tertiary/aromatic N) is 1. The third-order valence-electron chi connectivity index (χ3n) is 9.43. The van der Waals surface area contributed by atoms with E-state index < -0.39 is 33.4 Å². The van der Waals surface area contributed by atoms with Crippen molar-refractivity contribution in [1.82, 2.24) is 4.90 Å². The van der Waals surface area contributed by atoms with E-state index in [0.29, 0.717) is 18.5 Å². The molecule has 3 N–H and O–H groups in total. The second kappa shape index (κ2) is 10.9. The molecule has 7 nitrogen and oxygen atoms in total. The van der Waals surface area contributed by atoms with Crippen LogP contribution in [0.25, 0.3) is 0 Å². The van der Waals surface area contributed by atoms with E-state index in [9.17, 15) is 19.5 Å². The Morgan fingerprint density at radius 1 is 0.929 bits per heavy atom. The van der Waals surface area contributed by atoms with Gasteiger partial charge in [-0.3, -0.25) is 14.4 Å². The SMILES string of the molecule is Cc1cccc(C)c1NC(=O)C1N([C@@H](CO)Cc2ccccc2)C(=O)[C@@H]2[C@@H](C(=O)Nc3ccccc3)[C@@]3(C)CCC12S3. The summed E-state index contributed by atoms with van der Waals surface area (Å²) in [6, 6.07) is 23.4. The molecule has 2 bridgehead atoms. The number of aryl methyl sites for hydroxylation is 2. The van der Waals surface area contributed by atoms with Crippen molar-refractivity contribution in [3.8, 4) is 0 Å². The molecule has 3 aliphatic rings. The lowest BCUT2D eigenvalue weighted by atomic mass is 9.66. The molecule has 6 rings (SSSR count). The first kappa shape index (κ1) is 28.5. The first-order valence-electron chi connectivity index (χ1n) is 14.6. The van der Waals surface area contributed by atoms with E-state index in [1.165, 1.54) is 0 Å². The molecule has 1 spiro atoms. The lowest BCUT2D eigenvalue weighted by Crippen LogP contribution is -2.55. The number of amides is 3. The average Bonchev–Trinajstić information content (AvgIpc) is 3.55. The highest BCUT2D eigenvalue weighted by Crippen LogP contribution is 2.71. The third kappa shape index (κ3) is 4.61. The van der Waals surface area contributed by atoms with Gasteiger partial charge in [-0.15, -0.1) is 11.8 Å². The summed E-state index contributed by atoms with van der Waals surface area (Å²) >= 11 is 1.63. The molecule has 0 saturated carbocycles. The average molecular weight is 584 g/mol. The van der Waals surface area contributed by atoms with E-state index in [1.807, 2.05) is 92.7 Å². The van der Waals surface area contributed by atoms with Gasteiger partial charge in [0, 0.05) is 16.1 Å². The molecule has 3 amide bonds. The van der Waals surface area contributed by atoms with Gasteiger partial charge < -0.3 is 20.6 Å². The molecular weight excluding hydrogens is 546 g/mol. The Hall–Kier alpha value is -3.62. The van der Waals surface area contributed by atoms with Gasteiger partial charge in [0.15, 0.2) is 0 Å². The van der Waals surface area contributed by atoms with Crippen LogP contribution >= 0.6 is 11.8 Å². The van der Waals surface area contributed by atoms with Crippen molar-refractivity contribution in [2.75, 3.05) is 17.2 Å². The minimum absolute atomic E-state index is 0.199. The number of para-hydroxylation sites is 2. The fourth-order valence-electron chi connectivity index (χ4n) is 7.54. The fourth-order valence-corrected chi connectivity index (χ4v) is 9.88. The molecule has 0 aromatic heterocycles. The molecule has 3 aromatic carbocycles. The molecule has 0 aliphatic carbocycles. The molecule has 8 heteroatoms. The molecule has 0 radical (unpaired) electrons. The van der Waals surface area contributed by atoms with Crippen molar-refractivity contribution in [2.24, 2.45) is 11.8 Å². The van der Waals surface area contributed by atoms with Crippen LogP contribution in [0.1, 0.15) is 36.5 Å². The zero-order valence-corrected chi connectivity index (χ0v) is 25.0. The summed E-state index contributed by atoms with van der Waals surface area (Å²) in [5.41, 5.74) is 4.26. The topological polar surface area (TPSA) is 98.7 Å². The molecule has 6 atom stereocenters. The number of rotatable bonds is 8. The van der Waals surface area contributed by atoms with Crippen LogP contribution in [-0.2, 0) is 20.8 Å². The van der Waals surface area contributed by atoms with Crippen LogP contribution in [0.4, 0.5) is 11.4 Å². The first-order valence-corrected chi connectivity index (χ1v) is 15.4. The smallest absolute Gasteiger partial charge is 0.248 e. The van der Waals surface area contributed by atoms with E-state index in [0.717, 1.165) is 28.8 Å². The van der Waals surface area contributed by atoms with Gasteiger partial charge >= 0.3 is 0 Å². The molecule has 218 valence electrons. The van der Waals surface area contributed by atoms with Crippen LogP contribution in [0.3, 0.4) is 0 Å². The van der Waals surface area contributed by atoms with Crippen LogP contribution in [0.15, 0.2) is 78.9 Å². The molecular formula is C34H37N3O4S. The number of anilines is 2. The van der Waals surface area contributed by atoms with Crippen molar-refractivity contribution < 1.29 is 19.5 Å². The van der Waals surface area contributed by atoms with Crippen molar-refractivity contribution in [1.29, 1.82) is 0 Å². The monoisotopic (exact) mass is 583 g/mol. The van der Waals surface area contributed by atoms with Crippen molar-refractivity contribution >= 4 is 40.9 Å². The number of benzene rings is 3. The Bertz CT molecular complexity index is 1500. The van der Waals surface area contributed by atoms with Crippen molar-refractivity contribution in [3.05, 3.63) is 95.6 Å². The Balaban J connectivity index is 1.41. The van der Waals surface area contributed by atoms with Crippen LogP contribution in [0.5, 0.6) is 0 Å². The number of nitrogens with one attached hydrogen (secondary N) is 2. The molecule has 2 unspecified atom stereocenters. The van der Waals surface area contributed by atoms with Gasteiger partial charge in [0.25, 0.3) is 0 Å². The van der Waals surface area contributed by atoms with E-state index in [4.69, 9.17) is 0 Å². The van der Waals surface area contributed by atoms with Gasteiger partial charge in [-0.2, -0.15) is 0 Å². The zero-order valence-electron chi connectivity index (χ0n) is 24.2. The summed E-state index contributed by atoms with van der Waals surface area (Å²) in [6.45, 7) is 5.67. The van der Waals surface area contributed by atoms with E-state index >= 15 is 0 Å². The van der Waals surface area contributed by atoms with E-state index in [-0.39, 0.29) is 24.3 Å². The number of carbonyl (C=O) groups excluding carboxylic acids is 3. The Morgan fingerprint density at radius 3 is 2.21 bits per heavy atom. The van der Waals surface area contributed by atoms with Crippen molar-refractivity contribution in [3.63, 3.8) is 0 Å². The number of carbonyl (C=O) groups is 3. The maximum Gasteiger partial charge on any atom is 0.248 e. The molecule has 3 saturated heterocycles. The summed E-state index contributed by atoms with van der Waals surface area (Å²) in [6.07, 6.45) is 1.77. The number of hydrogen-bond donors (Lipinski definition) is 3. The lowest BCUT2D eigenvalue weighted by Gasteiger charge is -2.37. The number of likely N-dealkylation sites (tertiary alicyclic amines) is 1. The summed E-state index contributed by atoms with van der Waals surface area (Å²) in [5.74, 6) is -1.98. The van der Waals surface area contributed by atoms with Gasteiger partial charge in [-0.1, -0.05) is 66.7 Å². The molecule has 3 aliphatic heterocycles. The zero-order chi connectivity index (χ0) is 29.6. The standard InChI is InChI=1S/C34H37N3O4S/c1-21-11-10-12-22(2)28(21)36-31(40)29-34-18-17-33(3,42-34)26(30(39)35-24-15-8-5-9-16-24)27(34)32(41)37(29)25(20-38)19-23-13-6-4-7-14-23/h4-16,25-27,29,38H,17-20H2,1-3H3,(H,35,39)(H,36,40)/t25-,26+,27+,29?,33-,34?/m1/s1. The predicted molar refractivity (Wildman–Crippen MR) is 166 cm³/mol. The molecule has 3 fully saturated rings. The number of aliphatic hydroxyl groups is 1. The summed E-state index contributed by atoms with van der Waals surface area (Å²) in [4.78, 5) is 44.6. The Labute approximate surface area is 251 Å². The van der Waals surface area contributed by atoms with E-state index in [2.05, 4.69) is 17.6 Å². The van der Waals surface area contributed by atoms with E-state index in [1.54, 1.807) is 16.7 Å². The Kier molecular flexibility index (Phi) is 7.39. The van der Waals surface area contributed by atoms with Gasteiger partial charge in [0.1, 0.15) is 6.04 Å². The molecule has 3 heterocycles. The summed E-state index contributed by atoms with van der Waals surface area (Å²) < 4.78 is -1.27. The van der Waals surface area contributed by atoms with Crippen LogP contribution < -0.4 is 10.6 Å². The maximum absolute atomic E-state index is 14.6. The fraction of sp³-hybridized carbons (Fsp3) is 0.382. The second-order valence-electron chi connectivity index (χ2n) is 12.1. The van der Waals surface area contributed by atoms with Gasteiger partial charge in [0.05, 0.1) is 29.2 Å². The summed E-state index contributed by atoms with van der Waals surface area (Å²) in [5, 5.41) is 16.9. The normalized spacial score (nSPS) is 28.4. The molecule has 42 heavy (non-hydrogen) atoms. The predicted octanol–water partition coefficient (Wildman–Crippen LogP) is 4.97. The van der Waals surface area contributed by atoms with Crippen molar-refractivity contribution in [2.45, 2.75) is 61.6 Å². The van der Waals surface area contributed by atoms with Crippen LogP contribution in [0, 0.1) is 25.7 Å². The highest BCUT2D eigenvalue weighted by Gasteiger charge is 2.77. The first-order chi connectivity index (χ1) is 20.2. The van der Waals surface area contributed by atoms with Gasteiger partial charge in [0.2, 0.25) is 17.7 Å². The second-order valence-corrected chi connectivity index (χ2v) is 14.0. The number of thioether (sulfide) groups is 1. The largest absolute Gasteiger partial charge is 0.394 e. The minimum Gasteiger partial charge on any atom is -0.394 e. The maximum atomic E-state index is 14.6. The lowest BCUT2D eigenvalue weighted by molar-refractivity contribution is -0.141. The molecule has 3 aromatic rings. The van der Waals surface area contributed by atoms with Crippen LogP contribution in [-0.4, -0.2) is 55.9 Å². The third-order valence-corrected chi connectivity index (χ3v) is 11.4. The van der Waals surface area contributed by atoms with Crippen LogP contribution in [0.2, 0.25) is 0 Å². The highest BCUT2D eigenvalue weighted by atomic mass is 32.2. The highest BCUT2D eigenvalue weighted by molar-refractivity contribution is 8.02. The quantitative estimate of drug-likeness (QED) is 0.348. The number of fused-ring (bicyclic) bond motifs is 1.